The van der Waals surface area contributed by atoms with Crippen molar-refractivity contribution in [3.05, 3.63) is 0 Å². The minimum Gasteiger partial charge on any atom is -0.342 e. The molecular formula is C18H34N2O2S. The summed E-state index contributed by atoms with van der Waals surface area (Å²) in [6, 6.07) is 0. The van der Waals surface area contributed by atoms with E-state index < -0.39 is 0 Å². The molecule has 4 nitrogen and oxygen atoms in total. The highest BCUT2D eigenvalue weighted by atomic mass is 32.2. The summed E-state index contributed by atoms with van der Waals surface area (Å²) in [6.45, 7) is 7.61. The van der Waals surface area contributed by atoms with Crippen molar-refractivity contribution in [3.8, 4) is 0 Å². The van der Waals surface area contributed by atoms with Crippen molar-refractivity contribution in [2.45, 2.75) is 65.2 Å². The molecule has 1 atom stereocenters. The van der Waals surface area contributed by atoms with Crippen molar-refractivity contribution in [2.75, 3.05) is 31.9 Å². The summed E-state index contributed by atoms with van der Waals surface area (Å²) in [5, 5.41) is 3.63. The highest BCUT2D eigenvalue weighted by molar-refractivity contribution is 8.13. The molecular weight excluding hydrogens is 308 g/mol. The van der Waals surface area contributed by atoms with Gasteiger partial charge >= 0.3 is 0 Å². The Bertz CT molecular complexity index is 350. The van der Waals surface area contributed by atoms with Crippen LogP contribution in [0.15, 0.2) is 0 Å². The second-order valence-electron chi connectivity index (χ2n) is 6.58. The number of nitrogens with one attached hydrogen (secondary N) is 1. The quantitative estimate of drug-likeness (QED) is 0.521. The van der Waals surface area contributed by atoms with E-state index in [0.29, 0.717) is 12.3 Å². The van der Waals surface area contributed by atoms with Crippen LogP contribution in [0.2, 0.25) is 0 Å². The van der Waals surface area contributed by atoms with Crippen molar-refractivity contribution in [2.24, 2.45) is 5.92 Å². The zero-order valence-corrected chi connectivity index (χ0v) is 15.8. The number of amides is 1. The van der Waals surface area contributed by atoms with Gasteiger partial charge in [0.2, 0.25) is 5.91 Å². The van der Waals surface area contributed by atoms with Crippen LogP contribution in [-0.2, 0) is 9.59 Å². The maximum absolute atomic E-state index is 11.9. The fourth-order valence-electron chi connectivity index (χ4n) is 2.97. The maximum atomic E-state index is 11.9. The van der Waals surface area contributed by atoms with Crippen LogP contribution in [0.4, 0.5) is 0 Å². The monoisotopic (exact) mass is 342 g/mol. The number of unbranched alkanes of at least 4 members (excludes halogenated alkanes) is 5. The third-order valence-corrected chi connectivity index (χ3v) is 5.35. The predicted octanol–water partition coefficient (Wildman–Crippen LogP) is 3.45. The van der Waals surface area contributed by atoms with Gasteiger partial charge in [-0.15, -0.1) is 0 Å². The van der Waals surface area contributed by atoms with E-state index in [1.807, 2.05) is 4.90 Å². The standard InChI is InChI=1S/C18H34N2O2S/c1-3-4-5-6-7-8-10-19-11-9-12-20-14-17(13-18(20)22)15-23-16(2)21/h17,19H,3-15H2,1-2H3. The van der Waals surface area contributed by atoms with E-state index in [4.69, 9.17) is 0 Å². The Balaban J connectivity index is 1.95. The molecule has 0 aromatic heterocycles. The smallest absolute Gasteiger partial charge is 0.222 e. The Morgan fingerprint density at radius 2 is 1.87 bits per heavy atom. The summed E-state index contributed by atoms with van der Waals surface area (Å²) in [5.74, 6) is 1.40. The third kappa shape index (κ3) is 10.0. The number of hydrogen-bond donors (Lipinski definition) is 1. The molecule has 1 N–H and O–H groups in total. The van der Waals surface area contributed by atoms with Gasteiger partial charge in [0.15, 0.2) is 5.12 Å². The minimum absolute atomic E-state index is 0.148. The van der Waals surface area contributed by atoms with Gasteiger partial charge in [-0.2, -0.15) is 0 Å². The normalized spacial score (nSPS) is 17.9. The van der Waals surface area contributed by atoms with E-state index in [0.717, 1.165) is 38.4 Å². The van der Waals surface area contributed by atoms with Gasteiger partial charge in [0.05, 0.1) is 0 Å². The van der Waals surface area contributed by atoms with E-state index in [1.165, 1.54) is 50.3 Å². The number of carbonyl (C=O) groups excluding carboxylic acids is 2. The third-order valence-electron chi connectivity index (χ3n) is 4.31. The molecule has 1 heterocycles. The van der Waals surface area contributed by atoms with Crippen LogP contribution in [-0.4, -0.2) is 47.9 Å². The minimum atomic E-state index is 0.148. The van der Waals surface area contributed by atoms with Crippen molar-refractivity contribution < 1.29 is 9.59 Å². The van der Waals surface area contributed by atoms with Crippen molar-refractivity contribution in [1.29, 1.82) is 0 Å². The zero-order valence-electron chi connectivity index (χ0n) is 14.9. The molecule has 1 saturated heterocycles. The molecule has 0 aliphatic carbocycles. The second-order valence-corrected chi connectivity index (χ2v) is 7.78. The van der Waals surface area contributed by atoms with Crippen LogP contribution in [0.3, 0.4) is 0 Å². The van der Waals surface area contributed by atoms with Gasteiger partial charge in [-0.05, 0) is 31.8 Å². The van der Waals surface area contributed by atoms with Crippen LogP contribution in [0.5, 0.6) is 0 Å². The molecule has 0 bridgehead atoms. The van der Waals surface area contributed by atoms with Gasteiger partial charge in [-0.3, -0.25) is 9.59 Å². The van der Waals surface area contributed by atoms with Crippen molar-refractivity contribution in [3.63, 3.8) is 0 Å². The predicted molar refractivity (Wildman–Crippen MR) is 98.7 cm³/mol. The van der Waals surface area contributed by atoms with Gasteiger partial charge < -0.3 is 10.2 Å². The Labute approximate surface area is 146 Å². The lowest BCUT2D eigenvalue weighted by molar-refractivity contribution is -0.127. The van der Waals surface area contributed by atoms with Crippen LogP contribution in [0.25, 0.3) is 0 Å². The van der Waals surface area contributed by atoms with Crippen LogP contribution >= 0.6 is 11.8 Å². The maximum Gasteiger partial charge on any atom is 0.222 e. The van der Waals surface area contributed by atoms with Gasteiger partial charge in [0.25, 0.3) is 0 Å². The molecule has 1 rings (SSSR count). The fourth-order valence-corrected chi connectivity index (χ4v) is 3.66. The molecule has 0 spiro atoms. The summed E-state index contributed by atoms with van der Waals surface area (Å²) in [4.78, 5) is 24.9. The highest BCUT2D eigenvalue weighted by Gasteiger charge is 2.29. The lowest BCUT2D eigenvalue weighted by Gasteiger charge is -2.16. The number of rotatable bonds is 13. The molecule has 0 aromatic carbocycles. The number of likely N-dealkylation sites (tertiary alicyclic amines) is 1. The summed E-state index contributed by atoms with van der Waals surface area (Å²) in [5.41, 5.74) is 0. The summed E-state index contributed by atoms with van der Waals surface area (Å²) in [7, 11) is 0. The first-order valence-electron chi connectivity index (χ1n) is 9.25. The second kappa shape index (κ2) is 12.8. The van der Waals surface area contributed by atoms with Crippen LogP contribution < -0.4 is 5.32 Å². The van der Waals surface area contributed by atoms with E-state index >= 15 is 0 Å². The molecule has 134 valence electrons. The lowest BCUT2D eigenvalue weighted by Crippen LogP contribution is -2.29. The van der Waals surface area contributed by atoms with Crippen LogP contribution in [0.1, 0.15) is 65.2 Å². The lowest BCUT2D eigenvalue weighted by atomic mass is 10.1. The Hall–Kier alpha value is -0.550. The summed E-state index contributed by atoms with van der Waals surface area (Å²) in [6.07, 6.45) is 9.63. The van der Waals surface area contributed by atoms with Gasteiger partial charge in [-0.1, -0.05) is 50.8 Å². The molecule has 1 aliphatic rings. The number of hydrogen-bond acceptors (Lipinski definition) is 4. The topological polar surface area (TPSA) is 49.4 Å². The number of thioether (sulfide) groups is 1. The molecule has 0 saturated carbocycles. The molecule has 0 radical (unpaired) electrons. The average Bonchev–Trinajstić information content (AvgIpc) is 2.87. The molecule has 23 heavy (non-hydrogen) atoms. The molecule has 1 amide bonds. The van der Waals surface area contributed by atoms with Gasteiger partial charge in [0.1, 0.15) is 0 Å². The number of carbonyl (C=O) groups is 2. The SMILES string of the molecule is CCCCCCCCNCCCN1CC(CSC(C)=O)CC1=O. The van der Waals surface area contributed by atoms with Gasteiger partial charge in [0, 0.05) is 32.2 Å². The Kier molecular flexibility index (Phi) is 11.4. The van der Waals surface area contributed by atoms with E-state index in [1.54, 1.807) is 6.92 Å². The van der Waals surface area contributed by atoms with E-state index in [9.17, 15) is 9.59 Å². The molecule has 0 aromatic rings. The van der Waals surface area contributed by atoms with Gasteiger partial charge in [-0.25, -0.2) is 0 Å². The van der Waals surface area contributed by atoms with E-state index in [-0.39, 0.29) is 11.0 Å². The number of nitrogens with zero attached hydrogens (tertiary/aromatic N) is 1. The average molecular weight is 343 g/mol. The first-order chi connectivity index (χ1) is 11.1. The first kappa shape index (κ1) is 20.5. The van der Waals surface area contributed by atoms with Crippen molar-refractivity contribution in [1.82, 2.24) is 10.2 Å². The molecule has 1 fully saturated rings. The molecule has 1 aliphatic heterocycles. The Morgan fingerprint density at radius 3 is 2.61 bits per heavy atom. The van der Waals surface area contributed by atoms with E-state index in [2.05, 4.69) is 12.2 Å². The first-order valence-corrected chi connectivity index (χ1v) is 10.2. The molecule has 5 heteroatoms. The zero-order chi connectivity index (χ0) is 16.9. The Morgan fingerprint density at radius 1 is 1.17 bits per heavy atom. The largest absolute Gasteiger partial charge is 0.342 e. The fraction of sp³-hybridized carbons (Fsp3) is 0.889. The summed E-state index contributed by atoms with van der Waals surface area (Å²) >= 11 is 1.35. The molecule has 1 unspecified atom stereocenters. The van der Waals surface area contributed by atoms with Crippen LogP contribution in [0, 0.1) is 5.92 Å². The van der Waals surface area contributed by atoms with Crippen molar-refractivity contribution >= 4 is 22.8 Å². The summed E-state index contributed by atoms with van der Waals surface area (Å²) < 4.78 is 0. The highest BCUT2D eigenvalue weighted by Crippen LogP contribution is 2.22.